The van der Waals surface area contributed by atoms with Crippen molar-refractivity contribution in [1.29, 1.82) is 0 Å². The first kappa shape index (κ1) is 15.3. The number of amides is 1. The van der Waals surface area contributed by atoms with Crippen LogP contribution in [0.1, 0.15) is 28.7 Å². The second-order valence-electron chi connectivity index (χ2n) is 3.77. The molecule has 1 heterocycles. The quantitative estimate of drug-likeness (QED) is 0.686. The van der Waals surface area contributed by atoms with Crippen LogP contribution in [0.5, 0.6) is 0 Å². The Morgan fingerprint density at radius 1 is 1.50 bits per heavy atom. The molecule has 1 aromatic rings. The van der Waals surface area contributed by atoms with Crippen LogP contribution in [0.4, 0.5) is 0 Å². The lowest BCUT2D eigenvalue weighted by Crippen LogP contribution is -2.35. The predicted molar refractivity (Wildman–Crippen MR) is 72.4 cm³/mol. The summed E-state index contributed by atoms with van der Waals surface area (Å²) in [7, 11) is 1.61. The van der Waals surface area contributed by atoms with Crippen LogP contribution in [-0.4, -0.2) is 53.1 Å². The minimum absolute atomic E-state index is 0.0499. The van der Waals surface area contributed by atoms with E-state index >= 15 is 0 Å². The van der Waals surface area contributed by atoms with Gasteiger partial charge in [0.05, 0.1) is 12.3 Å². The molecule has 0 saturated heterocycles. The highest BCUT2D eigenvalue weighted by Gasteiger charge is 2.21. The minimum atomic E-state index is -0.0499. The van der Waals surface area contributed by atoms with Crippen molar-refractivity contribution in [3.63, 3.8) is 0 Å². The van der Waals surface area contributed by atoms with Gasteiger partial charge < -0.3 is 9.64 Å². The molecule has 0 aliphatic rings. The van der Waals surface area contributed by atoms with E-state index in [-0.39, 0.29) is 5.91 Å². The number of ether oxygens (including phenoxy) is 1. The van der Waals surface area contributed by atoms with Gasteiger partial charge in [0.25, 0.3) is 5.91 Å². The summed E-state index contributed by atoms with van der Waals surface area (Å²) in [6, 6.07) is 0. The number of methoxy groups -OCH3 is 1. The Bertz CT molecular complexity index is 373. The Morgan fingerprint density at radius 3 is 2.89 bits per heavy atom. The molecule has 0 saturated carbocycles. The van der Waals surface area contributed by atoms with E-state index in [1.807, 2.05) is 0 Å². The summed E-state index contributed by atoms with van der Waals surface area (Å²) < 4.78 is 8.86. The normalized spacial score (nSPS) is 10.6. The molecule has 0 aromatic carbocycles. The van der Waals surface area contributed by atoms with Gasteiger partial charge in [-0.2, -0.15) is 0 Å². The molecule has 0 fully saturated rings. The third kappa shape index (κ3) is 4.19. The molecule has 1 amide bonds. The first-order chi connectivity index (χ1) is 8.74. The lowest BCUT2D eigenvalue weighted by atomic mass is 10.2. The van der Waals surface area contributed by atoms with Crippen LogP contribution in [0.15, 0.2) is 0 Å². The van der Waals surface area contributed by atoms with Crippen LogP contribution < -0.4 is 0 Å². The fraction of sp³-hybridized carbons (Fsp3) is 0.727. The van der Waals surface area contributed by atoms with Crippen molar-refractivity contribution in [2.75, 3.05) is 32.7 Å². The summed E-state index contributed by atoms with van der Waals surface area (Å²) in [6.45, 7) is 3.59. The van der Waals surface area contributed by atoms with E-state index in [2.05, 4.69) is 16.5 Å². The number of aromatic nitrogens is 2. The standard InChI is InChI=1S/C11H18ClN3O2S/c1-3-4-9-10(18-14-13-9)11(16)15(6-5-12)7-8-17-2/h3-8H2,1-2H3. The zero-order valence-electron chi connectivity index (χ0n) is 10.7. The Labute approximate surface area is 116 Å². The molecule has 0 unspecified atom stereocenters. The molecule has 0 aliphatic carbocycles. The van der Waals surface area contributed by atoms with Gasteiger partial charge in [-0.05, 0) is 18.0 Å². The Kier molecular flexibility index (Phi) is 7.15. The number of aryl methyl sites for hydroxylation is 1. The van der Waals surface area contributed by atoms with E-state index in [1.54, 1.807) is 12.0 Å². The lowest BCUT2D eigenvalue weighted by Gasteiger charge is -2.20. The third-order valence-corrected chi connectivity index (χ3v) is 3.37. The molecule has 5 nitrogen and oxygen atoms in total. The van der Waals surface area contributed by atoms with Crippen molar-refractivity contribution < 1.29 is 9.53 Å². The van der Waals surface area contributed by atoms with Crippen molar-refractivity contribution in [1.82, 2.24) is 14.5 Å². The molecule has 0 atom stereocenters. The van der Waals surface area contributed by atoms with E-state index in [0.29, 0.717) is 30.5 Å². The van der Waals surface area contributed by atoms with E-state index < -0.39 is 0 Å². The molecule has 1 aromatic heterocycles. The average Bonchev–Trinajstić information content (AvgIpc) is 2.82. The average molecular weight is 292 g/mol. The molecule has 102 valence electrons. The molecule has 0 aliphatic heterocycles. The number of carbonyl (C=O) groups is 1. The number of hydrogen-bond acceptors (Lipinski definition) is 5. The van der Waals surface area contributed by atoms with Gasteiger partial charge in [0.15, 0.2) is 0 Å². The second-order valence-corrected chi connectivity index (χ2v) is 4.90. The smallest absolute Gasteiger partial charge is 0.267 e. The highest BCUT2D eigenvalue weighted by molar-refractivity contribution is 7.08. The first-order valence-corrected chi connectivity index (χ1v) is 7.20. The van der Waals surface area contributed by atoms with Crippen molar-refractivity contribution in [3.8, 4) is 0 Å². The largest absolute Gasteiger partial charge is 0.383 e. The fourth-order valence-electron chi connectivity index (χ4n) is 1.53. The van der Waals surface area contributed by atoms with Crippen LogP contribution in [-0.2, 0) is 11.2 Å². The summed E-state index contributed by atoms with van der Waals surface area (Å²) in [5.74, 6) is 0.358. The topological polar surface area (TPSA) is 55.3 Å². The molecule has 0 N–H and O–H groups in total. The van der Waals surface area contributed by atoms with Crippen molar-refractivity contribution in [3.05, 3.63) is 10.6 Å². The number of carbonyl (C=O) groups excluding carboxylic acids is 1. The molecule has 1 rings (SSSR count). The van der Waals surface area contributed by atoms with Crippen LogP contribution in [0.2, 0.25) is 0 Å². The molecule has 7 heteroatoms. The molecule has 0 spiro atoms. The molecular weight excluding hydrogens is 274 g/mol. The van der Waals surface area contributed by atoms with Crippen LogP contribution in [0, 0.1) is 0 Å². The highest BCUT2D eigenvalue weighted by Crippen LogP contribution is 2.15. The van der Waals surface area contributed by atoms with Crippen molar-refractivity contribution >= 4 is 29.0 Å². The number of hydrogen-bond donors (Lipinski definition) is 0. The van der Waals surface area contributed by atoms with E-state index in [1.165, 1.54) is 0 Å². The Hall–Kier alpha value is -0.720. The number of rotatable bonds is 8. The molecule has 0 bridgehead atoms. The van der Waals surface area contributed by atoms with Gasteiger partial charge in [-0.25, -0.2) is 0 Å². The molecule has 0 radical (unpaired) electrons. The fourth-order valence-corrected chi connectivity index (χ4v) is 2.41. The van der Waals surface area contributed by atoms with Crippen molar-refractivity contribution in [2.45, 2.75) is 19.8 Å². The maximum Gasteiger partial charge on any atom is 0.267 e. The summed E-state index contributed by atoms with van der Waals surface area (Å²) in [5, 5.41) is 4.01. The molecule has 18 heavy (non-hydrogen) atoms. The zero-order chi connectivity index (χ0) is 13.4. The minimum Gasteiger partial charge on any atom is -0.383 e. The predicted octanol–water partition coefficient (Wildman–Crippen LogP) is 1.82. The summed E-state index contributed by atoms with van der Waals surface area (Å²) in [5.41, 5.74) is 0.782. The van der Waals surface area contributed by atoms with Gasteiger partial charge in [-0.3, -0.25) is 4.79 Å². The number of halogens is 1. The first-order valence-electron chi connectivity index (χ1n) is 5.90. The lowest BCUT2D eigenvalue weighted by molar-refractivity contribution is 0.0711. The SMILES string of the molecule is CCCc1nnsc1C(=O)N(CCCl)CCOC. The van der Waals surface area contributed by atoms with Crippen LogP contribution in [0.25, 0.3) is 0 Å². The van der Waals surface area contributed by atoms with Gasteiger partial charge in [0, 0.05) is 26.1 Å². The van der Waals surface area contributed by atoms with E-state index in [4.69, 9.17) is 16.3 Å². The monoisotopic (exact) mass is 291 g/mol. The van der Waals surface area contributed by atoms with Crippen molar-refractivity contribution in [2.24, 2.45) is 0 Å². The van der Waals surface area contributed by atoms with Gasteiger partial charge in [-0.1, -0.05) is 17.8 Å². The van der Waals surface area contributed by atoms with Crippen LogP contribution in [0.3, 0.4) is 0 Å². The second kappa shape index (κ2) is 8.39. The van der Waals surface area contributed by atoms with Gasteiger partial charge in [0.2, 0.25) is 0 Å². The van der Waals surface area contributed by atoms with Gasteiger partial charge in [-0.15, -0.1) is 16.7 Å². The van der Waals surface area contributed by atoms with Crippen LogP contribution >= 0.6 is 23.1 Å². The third-order valence-electron chi connectivity index (χ3n) is 2.44. The number of alkyl halides is 1. The molecular formula is C11H18ClN3O2S. The number of nitrogens with zero attached hydrogens (tertiary/aromatic N) is 3. The maximum atomic E-state index is 12.3. The maximum absolute atomic E-state index is 12.3. The summed E-state index contributed by atoms with van der Waals surface area (Å²) >= 11 is 6.87. The zero-order valence-corrected chi connectivity index (χ0v) is 12.3. The van der Waals surface area contributed by atoms with E-state index in [9.17, 15) is 4.79 Å². The summed E-state index contributed by atoms with van der Waals surface area (Å²) in [6.07, 6.45) is 1.72. The van der Waals surface area contributed by atoms with Gasteiger partial charge >= 0.3 is 0 Å². The summed E-state index contributed by atoms with van der Waals surface area (Å²) in [4.78, 5) is 14.6. The van der Waals surface area contributed by atoms with E-state index in [0.717, 1.165) is 30.1 Å². The Morgan fingerprint density at radius 2 is 2.28 bits per heavy atom. The highest BCUT2D eigenvalue weighted by atomic mass is 35.5. The van der Waals surface area contributed by atoms with Gasteiger partial charge in [0.1, 0.15) is 4.88 Å². The Balaban J connectivity index is 2.77.